The Morgan fingerprint density at radius 2 is 1.70 bits per heavy atom. The molecule has 0 fully saturated rings. The first-order valence-electron chi connectivity index (χ1n) is 2.70. The van der Waals surface area contributed by atoms with E-state index in [0.29, 0.717) is 0 Å². The van der Waals surface area contributed by atoms with Gasteiger partial charge in [-0.3, -0.25) is 5.41 Å². The van der Waals surface area contributed by atoms with Crippen molar-refractivity contribution in [1.29, 1.82) is 5.41 Å². The Labute approximate surface area is 82.2 Å². The summed E-state index contributed by atoms with van der Waals surface area (Å²) >= 11 is 0. The van der Waals surface area contributed by atoms with Gasteiger partial charge in [-0.2, -0.15) is 0 Å². The molecule has 0 bridgehead atoms. The molecular weight excluding hydrogens is 135 g/mol. The van der Waals surface area contributed by atoms with Gasteiger partial charge in [0.15, 0.2) is 0 Å². The van der Waals surface area contributed by atoms with Crippen LogP contribution in [0.4, 0.5) is 0 Å². The van der Waals surface area contributed by atoms with Crippen LogP contribution in [0.5, 0.6) is 0 Å². The number of rotatable bonds is 1. The fourth-order valence-electron chi connectivity index (χ4n) is 0.618. The van der Waals surface area contributed by atoms with E-state index in [2.05, 4.69) is 0 Å². The van der Waals surface area contributed by atoms with Crippen molar-refractivity contribution in [1.82, 2.24) is 0 Å². The Kier molecular flexibility index (Phi) is 4.36. The fraction of sp³-hybridized carbons (Fsp3) is 0. The second-order valence-corrected chi connectivity index (χ2v) is 1.78. The first-order chi connectivity index (χ1) is 4.30. The Balaban J connectivity index is 0.000000810. The summed E-state index contributed by atoms with van der Waals surface area (Å²) in [5, 5.41) is 7.01. The van der Waals surface area contributed by atoms with Crippen molar-refractivity contribution in [3.63, 3.8) is 0 Å². The van der Waals surface area contributed by atoms with Gasteiger partial charge < -0.3 is 5.73 Å². The normalized spacial score (nSPS) is 8.00. The van der Waals surface area contributed by atoms with Gasteiger partial charge >= 0.3 is 29.6 Å². The Morgan fingerprint density at radius 1 is 1.20 bits per heavy atom. The summed E-state index contributed by atoms with van der Waals surface area (Å²) < 4.78 is 0. The standard InChI is InChI=1S/C7H8N2.Na.H/c8-7(9)6-4-2-1-3-5-6;;/h1-5H,(H3,8,9);;. The molecule has 0 unspecified atom stereocenters. The zero-order valence-corrected chi connectivity index (χ0v) is 4.96. The molecule has 3 N–H and O–H groups in total. The molecular formula is C7H9N2Na. The molecule has 1 rings (SSSR count). The Morgan fingerprint density at radius 3 is 2.00 bits per heavy atom. The molecule has 0 aliphatic heterocycles. The molecule has 0 aliphatic carbocycles. The van der Waals surface area contributed by atoms with Crippen LogP contribution in [-0.4, -0.2) is 35.4 Å². The predicted octanol–water partition coefficient (Wildman–Crippen LogP) is 0.322. The van der Waals surface area contributed by atoms with Crippen LogP contribution in [0.2, 0.25) is 0 Å². The fourth-order valence-corrected chi connectivity index (χ4v) is 0.618. The number of amidine groups is 1. The van der Waals surface area contributed by atoms with E-state index in [-0.39, 0.29) is 35.4 Å². The van der Waals surface area contributed by atoms with Gasteiger partial charge in [-0.05, 0) is 0 Å². The van der Waals surface area contributed by atoms with E-state index in [9.17, 15) is 0 Å². The molecule has 48 valence electrons. The van der Waals surface area contributed by atoms with E-state index in [0.717, 1.165) is 5.56 Å². The van der Waals surface area contributed by atoms with Gasteiger partial charge in [0.1, 0.15) is 5.84 Å². The average Bonchev–Trinajstić information content (AvgIpc) is 1.90. The van der Waals surface area contributed by atoms with Gasteiger partial charge in [0.05, 0.1) is 0 Å². The van der Waals surface area contributed by atoms with Crippen LogP contribution in [-0.2, 0) is 0 Å². The molecule has 0 saturated heterocycles. The number of benzene rings is 1. The first-order valence-corrected chi connectivity index (χ1v) is 2.70. The Bertz CT molecular complexity index is 208. The zero-order chi connectivity index (χ0) is 6.69. The molecule has 0 heterocycles. The molecule has 0 aromatic heterocycles. The molecule has 0 radical (unpaired) electrons. The number of hydrogen-bond acceptors (Lipinski definition) is 1. The van der Waals surface area contributed by atoms with Crippen LogP contribution >= 0.6 is 0 Å². The van der Waals surface area contributed by atoms with E-state index < -0.39 is 0 Å². The van der Waals surface area contributed by atoms with E-state index >= 15 is 0 Å². The van der Waals surface area contributed by atoms with Crippen molar-refractivity contribution in [2.45, 2.75) is 0 Å². The number of nitrogens with two attached hydrogens (primary N) is 1. The number of nitrogens with one attached hydrogen (secondary N) is 1. The van der Waals surface area contributed by atoms with Gasteiger partial charge in [0.2, 0.25) is 0 Å². The second kappa shape index (κ2) is 4.50. The monoisotopic (exact) mass is 144 g/mol. The zero-order valence-electron chi connectivity index (χ0n) is 4.96. The summed E-state index contributed by atoms with van der Waals surface area (Å²) in [4.78, 5) is 0. The van der Waals surface area contributed by atoms with E-state index in [1.807, 2.05) is 30.3 Å². The maximum atomic E-state index is 7.01. The molecule has 1 aromatic carbocycles. The van der Waals surface area contributed by atoms with E-state index in [4.69, 9.17) is 11.1 Å². The minimum absolute atomic E-state index is 0. The molecule has 0 spiro atoms. The molecule has 2 nitrogen and oxygen atoms in total. The van der Waals surface area contributed by atoms with Crippen molar-refractivity contribution in [3.05, 3.63) is 35.9 Å². The maximum absolute atomic E-state index is 7.01. The minimum atomic E-state index is 0. The second-order valence-electron chi connectivity index (χ2n) is 1.78. The Hall–Kier alpha value is -0.310. The van der Waals surface area contributed by atoms with Crippen molar-refractivity contribution in [2.24, 2.45) is 5.73 Å². The van der Waals surface area contributed by atoms with Crippen LogP contribution in [0, 0.1) is 5.41 Å². The summed E-state index contributed by atoms with van der Waals surface area (Å²) in [6.07, 6.45) is 0. The molecule has 1 aromatic rings. The molecule has 10 heavy (non-hydrogen) atoms. The summed E-state index contributed by atoms with van der Waals surface area (Å²) in [5.74, 6) is 0.121. The van der Waals surface area contributed by atoms with E-state index in [1.165, 1.54) is 0 Å². The van der Waals surface area contributed by atoms with Crippen molar-refractivity contribution in [2.75, 3.05) is 0 Å². The summed E-state index contributed by atoms with van der Waals surface area (Å²) in [5.41, 5.74) is 5.97. The van der Waals surface area contributed by atoms with Gasteiger partial charge in [-0.15, -0.1) is 0 Å². The SMILES string of the molecule is N=C(N)c1ccccc1.[NaH]. The summed E-state index contributed by atoms with van der Waals surface area (Å²) in [7, 11) is 0. The topological polar surface area (TPSA) is 49.9 Å². The van der Waals surface area contributed by atoms with Gasteiger partial charge in [-0.1, -0.05) is 30.3 Å². The number of nitrogen functional groups attached to an aromatic ring is 1. The average molecular weight is 144 g/mol. The van der Waals surface area contributed by atoms with E-state index in [1.54, 1.807) is 0 Å². The molecule has 0 saturated carbocycles. The molecule has 0 atom stereocenters. The third-order valence-electron chi connectivity index (χ3n) is 1.08. The van der Waals surface area contributed by atoms with Crippen LogP contribution in [0.25, 0.3) is 0 Å². The molecule has 0 aliphatic rings. The van der Waals surface area contributed by atoms with Gasteiger partial charge in [0.25, 0.3) is 0 Å². The van der Waals surface area contributed by atoms with Crippen LogP contribution in [0.3, 0.4) is 0 Å². The number of hydrogen-bond donors (Lipinski definition) is 2. The van der Waals surface area contributed by atoms with Gasteiger partial charge in [-0.25, -0.2) is 0 Å². The third kappa shape index (κ3) is 2.52. The summed E-state index contributed by atoms with van der Waals surface area (Å²) in [6, 6.07) is 9.23. The molecule has 3 heteroatoms. The van der Waals surface area contributed by atoms with Crippen LogP contribution in [0.1, 0.15) is 5.56 Å². The van der Waals surface area contributed by atoms with Crippen molar-refractivity contribution in [3.8, 4) is 0 Å². The van der Waals surface area contributed by atoms with Crippen LogP contribution in [0.15, 0.2) is 30.3 Å². The quantitative estimate of drug-likeness (QED) is 0.333. The summed E-state index contributed by atoms with van der Waals surface area (Å²) in [6.45, 7) is 0. The van der Waals surface area contributed by atoms with Gasteiger partial charge in [0, 0.05) is 5.56 Å². The van der Waals surface area contributed by atoms with Crippen LogP contribution < -0.4 is 5.73 Å². The third-order valence-corrected chi connectivity index (χ3v) is 1.08. The predicted molar refractivity (Wildman–Crippen MR) is 44.6 cm³/mol. The van der Waals surface area contributed by atoms with Crippen molar-refractivity contribution >= 4 is 35.4 Å². The van der Waals surface area contributed by atoms with Crippen molar-refractivity contribution < 1.29 is 0 Å². The first kappa shape index (κ1) is 9.69. The molecule has 0 amide bonds.